The summed E-state index contributed by atoms with van der Waals surface area (Å²) in [5.41, 5.74) is 3.95. The molecular weight excluding hydrogens is 455 g/mol. The Labute approximate surface area is 211 Å². The molecule has 1 unspecified atom stereocenters. The predicted molar refractivity (Wildman–Crippen MR) is 136 cm³/mol. The summed E-state index contributed by atoms with van der Waals surface area (Å²) in [6.07, 6.45) is 4.52. The molecular formula is C30H31FN2O3. The van der Waals surface area contributed by atoms with Gasteiger partial charge in [-0.2, -0.15) is 5.26 Å². The molecule has 2 aromatic carbocycles. The number of rotatable bonds is 9. The summed E-state index contributed by atoms with van der Waals surface area (Å²) in [4.78, 5) is 15.9. The highest BCUT2D eigenvalue weighted by molar-refractivity contribution is 5.68. The van der Waals surface area contributed by atoms with Gasteiger partial charge in [-0.3, -0.25) is 9.78 Å². The Morgan fingerprint density at radius 1 is 1.22 bits per heavy atom. The molecule has 36 heavy (non-hydrogen) atoms. The molecule has 5 nitrogen and oxygen atoms in total. The quantitative estimate of drug-likeness (QED) is 0.356. The van der Waals surface area contributed by atoms with Crippen LogP contribution in [-0.2, 0) is 17.8 Å². The van der Waals surface area contributed by atoms with E-state index in [1.54, 1.807) is 6.20 Å². The average molecular weight is 487 g/mol. The van der Waals surface area contributed by atoms with E-state index in [9.17, 15) is 19.6 Å². The smallest absolute Gasteiger partial charge is 0.303 e. The van der Waals surface area contributed by atoms with E-state index in [1.165, 1.54) is 18.2 Å². The number of carboxylic acids is 1. The molecule has 1 N–H and O–H groups in total. The summed E-state index contributed by atoms with van der Waals surface area (Å²) in [6, 6.07) is 16.2. The lowest BCUT2D eigenvalue weighted by Crippen LogP contribution is -2.11. The van der Waals surface area contributed by atoms with Crippen LogP contribution in [0.1, 0.15) is 68.2 Å². The molecule has 1 aromatic heterocycles. The molecule has 1 saturated carbocycles. The van der Waals surface area contributed by atoms with Crippen molar-refractivity contribution in [3.05, 3.63) is 82.8 Å². The van der Waals surface area contributed by atoms with Crippen LogP contribution >= 0.6 is 0 Å². The average Bonchev–Trinajstić information content (AvgIpc) is 3.66. The van der Waals surface area contributed by atoms with Crippen LogP contribution in [0, 0.1) is 28.5 Å². The Morgan fingerprint density at radius 2 is 2.00 bits per heavy atom. The Hall–Kier alpha value is -3.72. The number of benzene rings is 2. The van der Waals surface area contributed by atoms with Gasteiger partial charge in [0, 0.05) is 5.56 Å². The number of hydrogen-bond donors (Lipinski definition) is 1. The lowest BCUT2D eigenvalue weighted by atomic mass is 9.86. The van der Waals surface area contributed by atoms with E-state index in [0.29, 0.717) is 41.5 Å². The van der Waals surface area contributed by atoms with Crippen LogP contribution in [0.25, 0.3) is 11.3 Å². The minimum Gasteiger partial charge on any atom is -0.487 e. The number of aromatic nitrogens is 1. The van der Waals surface area contributed by atoms with Crippen LogP contribution in [-0.4, -0.2) is 16.1 Å². The lowest BCUT2D eigenvalue weighted by molar-refractivity contribution is -0.137. The highest BCUT2D eigenvalue weighted by Gasteiger charge is 2.33. The topological polar surface area (TPSA) is 83.2 Å². The van der Waals surface area contributed by atoms with Crippen molar-refractivity contribution < 1.29 is 19.0 Å². The molecule has 0 saturated heterocycles. The van der Waals surface area contributed by atoms with E-state index in [1.807, 2.05) is 30.3 Å². The number of ether oxygens (including phenoxy) is 1. The number of nitriles is 1. The number of aliphatic carboxylic acids is 1. The van der Waals surface area contributed by atoms with Crippen LogP contribution in [0.4, 0.5) is 4.39 Å². The summed E-state index contributed by atoms with van der Waals surface area (Å²) in [5.74, 6) is -0.157. The van der Waals surface area contributed by atoms with Crippen molar-refractivity contribution in [1.29, 1.82) is 5.26 Å². The molecule has 3 aromatic rings. The predicted octanol–water partition coefficient (Wildman–Crippen LogP) is 6.90. The third kappa shape index (κ3) is 6.48. The third-order valence-corrected chi connectivity index (χ3v) is 6.38. The van der Waals surface area contributed by atoms with Gasteiger partial charge in [0.2, 0.25) is 0 Å². The van der Waals surface area contributed by atoms with Crippen molar-refractivity contribution in [2.24, 2.45) is 11.3 Å². The SMILES string of the molecule is CC(C)(C)Cc1cc(OCc2cccc(C(CC(=O)O)C3CC3)c2)cnc1-c1cc(C#N)ccc1F. The molecule has 1 fully saturated rings. The van der Waals surface area contributed by atoms with Crippen molar-refractivity contribution in [3.8, 4) is 23.1 Å². The first kappa shape index (κ1) is 25.4. The molecule has 1 aliphatic carbocycles. The fraction of sp³-hybridized carbons (Fsp3) is 0.367. The Balaban J connectivity index is 1.58. The maximum Gasteiger partial charge on any atom is 0.303 e. The second-order valence-corrected chi connectivity index (χ2v) is 10.8. The molecule has 1 heterocycles. The van der Waals surface area contributed by atoms with Gasteiger partial charge in [-0.15, -0.1) is 0 Å². The molecule has 0 bridgehead atoms. The summed E-state index contributed by atoms with van der Waals surface area (Å²) in [6.45, 7) is 6.62. The highest BCUT2D eigenvalue weighted by Crippen LogP contribution is 2.44. The summed E-state index contributed by atoms with van der Waals surface area (Å²) in [5, 5.41) is 18.6. The van der Waals surface area contributed by atoms with Gasteiger partial charge >= 0.3 is 5.97 Å². The first-order valence-electron chi connectivity index (χ1n) is 12.3. The van der Waals surface area contributed by atoms with Gasteiger partial charge < -0.3 is 9.84 Å². The van der Waals surface area contributed by atoms with Gasteiger partial charge in [-0.05, 0) is 77.5 Å². The summed E-state index contributed by atoms with van der Waals surface area (Å²) in [7, 11) is 0. The van der Waals surface area contributed by atoms with E-state index < -0.39 is 11.8 Å². The normalized spacial score (nSPS) is 14.2. The highest BCUT2D eigenvalue weighted by atomic mass is 19.1. The van der Waals surface area contributed by atoms with E-state index in [4.69, 9.17) is 4.74 Å². The molecule has 0 spiro atoms. The van der Waals surface area contributed by atoms with E-state index in [2.05, 4.69) is 31.8 Å². The van der Waals surface area contributed by atoms with Crippen LogP contribution in [0.2, 0.25) is 0 Å². The van der Waals surface area contributed by atoms with Gasteiger partial charge in [-0.25, -0.2) is 4.39 Å². The summed E-state index contributed by atoms with van der Waals surface area (Å²) < 4.78 is 20.8. The molecule has 186 valence electrons. The van der Waals surface area contributed by atoms with Crippen molar-refractivity contribution in [1.82, 2.24) is 4.98 Å². The molecule has 0 aliphatic heterocycles. The third-order valence-electron chi connectivity index (χ3n) is 6.38. The minimum atomic E-state index is -0.775. The van der Waals surface area contributed by atoms with E-state index in [0.717, 1.165) is 29.5 Å². The Morgan fingerprint density at radius 3 is 2.67 bits per heavy atom. The first-order valence-corrected chi connectivity index (χ1v) is 12.3. The largest absolute Gasteiger partial charge is 0.487 e. The van der Waals surface area contributed by atoms with E-state index in [-0.39, 0.29) is 17.8 Å². The molecule has 6 heteroatoms. The number of halogens is 1. The fourth-order valence-electron chi connectivity index (χ4n) is 4.62. The molecule has 1 atom stereocenters. The van der Waals surface area contributed by atoms with Crippen LogP contribution in [0.15, 0.2) is 54.7 Å². The molecule has 4 rings (SSSR count). The second-order valence-electron chi connectivity index (χ2n) is 10.8. The van der Waals surface area contributed by atoms with E-state index >= 15 is 0 Å². The number of hydrogen-bond acceptors (Lipinski definition) is 4. The molecule has 1 aliphatic rings. The van der Waals surface area contributed by atoms with Crippen molar-refractivity contribution in [2.45, 2.75) is 59.0 Å². The van der Waals surface area contributed by atoms with Gasteiger partial charge in [0.05, 0.1) is 29.9 Å². The minimum absolute atomic E-state index is 0.0286. The zero-order chi connectivity index (χ0) is 25.9. The monoisotopic (exact) mass is 486 g/mol. The summed E-state index contributed by atoms with van der Waals surface area (Å²) >= 11 is 0. The lowest BCUT2D eigenvalue weighted by Gasteiger charge is -2.21. The zero-order valence-corrected chi connectivity index (χ0v) is 20.9. The maximum absolute atomic E-state index is 14.7. The second kappa shape index (κ2) is 10.5. The number of nitrogens with zero attached hydrogens (tertiary/aromatic N) is 2. The Bertz CT molecular complexity index is 1300. The fourth-order valence-corrected chi connectivity index (χ4v) is 4.62. The van der Waals surface area contributed by atoms with Crippen LogP contribution < -0.4 is 4.74 Å². The van der Waals surface area contributed by atoms with Crippen molar-refractivity contribution in [3.63, 3.8) is 0 Å². The molecule has 0 amide bonds. The van der Waals surface area contributed by atoms with Crippen LogP contribution in [0.3, 0.4) is 0 Å². The van der Waals surface area contributed by atoms with Gasteiger partial charge in [-0.1, -0.05) is 45.0 Å². The standard InChI is InChI=1S/C30H31FN2O3/c1-30(2,3)15-23-13-24(17-33-29(23)26-12-19(16-32)7-10-27(26)31)36-18-20-5-4-6-22(11-20)25(14-28(34)35)21-8-9-21/h4-7,10-13,17,21,25H,8-9,14-15,18H2,1-3H3,(H,34,35). The number of pyridine rings is 1. The van der Waals surface area contributed by atoms with Gasteiger partial charge in [0.25, 0.3) is 0 Å². The number of carboxylic acid groups (broad SMARTS) is 1. The van der Waals surface area contributed by atoms with Gasteiger partial charge in [0.15, 0.2) is 0 Å². The first-order chi connectivity index (χ1) is 17.1. The molecule has 0 radical (unpaired) electrons. The van der Waals surface area contributed by atoms with Gasteiger partial charge in [0.1, 0.15) is 18.2 Å². The van der Waals surface area contributed by atoms with Crippen molar-refractivity contribution in [2.75, 3.05) is 0 Å². The Kier molecular flexibility index (Phi) is 7.40. The number of carbonyl (C=O) groups is 1. The van der Waals surface area contributed by atoms with Crippen molar-refractivity contribution >= 4 is 5.97 Å². The van der Waals surface area contributed by atoms with Crippen LogP contribution in [0.5, 0.6) is 5.75 Å². The zero-order valence-electron chi connectivity index (χ0n) is 20.9. The maximum atomic E-state index is 14.7.